The molecular weight excluding hydrogens is 442 g/mol. The summed E-state index contributed by atoms with van der Waals surface area (Å²) in [7, 11) is 0. The van der Waals surface area contributed by atoms with Gasteiger partial charge in [0.2, 0.25) is 0 Å². The molecule has 3 atom stereocenters. The minimum Gasteiger partial charge on any atom is -0.457 e. The number of aromatic nitrogens is 5. The van der Waals surface area contributed by atoms with Crippen LogP contribution >= 0.6 is 0 Å². The number of para-hydroxylation sites is 1. The maximum atomic E-state index is 12.5. The van der Waals surface area contributed by atoms with Crippen molar-refractivity contribution in [3.8, 4) is 28.4 Å². The number of H-pyrrole nitrogens is 1. The second-order valence-electron chi connectivity index (χ2n) is 7.78. The molecule has 0 spiro atoms. The summed E-state index contributed by atoms with van der Waals surface area (Å²) in [5.74, 6) is 1.37. The van der Waals surface area contributed by atoms with E-state index in [1.807, 2.05) is 30.3 Å². The Morgan fingerprint density at radius 3 is 2.50 bits per heavy atom. The number of benzene rings is 2. The zero-order chi connectivity index (χ0) is 23.7. The van der Waals surface area contributed by atoms with Gasteiger partial charge in [-0.1, -0.05) is 23.4 Å². The lowest BCUT2D eigenvalue weighted by molar-refractivity contribution is -0.0458. The van der Waals surface area contributed by atoms with E-state index in [1.165, 1.54) is 15.4 Å². The highest BCUT2D eigenvalue weighted by molar-refractivity contribution is 5.55. The number of hydrogen-bond acceptors (Lipinski definition) is 8. The molecule has 3 unspecified atom stereocenters. The Hall–Kier alpha value is -4.06. The van der Waals surface area contributed by atoms with Gasteiger partial charge >= 0.3 is 5.69 Å². The van der Waals surface area contributed by atoms with Gasteiger partial charge in [-0.05, 0) is 36.4 Å². The zero-order valence-electron chi connectivity index (χ0n) is 17.8. The first kappa shape index (κ1) is 21.8. The van der Waals surface area contributed by atoms with Crippen molar-refractivity contribution in [3.63, 3.8) is 0 Å². The Balaban J connectivity index is 1.39. The fourth-order valence-electron chi connectivity index (χ4n) is 3.74. The molecule has 1 fully saturated rings. The highest BCUT2D eigenvalue weighted by Crippen LogP contribution is 2.28. The van der Waals surface area contributed by atoms with E-state index < -0.39 is 29.7 Å². The molecule has 34 heavy (non-hydrogen) atoms. The molecule has 3 N–H and O–H groups in total. The molecule has 0 bridgehead atoms. The second-order valence-corrected chi connectivity index (χ2v) is 7.78. The SMILES string of the molecule is O=c1[nH]c(=O)n(C2CC(O)C(CO)O2)cc1-c1cn(-c2ccc(Oc3ccccc3)cc2)nn1. The van der Waals surface area contributed by atoms with E-state index in [2.05, 4.69) is 15.3 Å². The van der Waals surface area contributed by atoms with E-state index in [0.717, 1.165) is 5.75 Å². The molecule has 2 aromatic carbocycles. The van der Waals surface area contributed by atoms with Crippen molar-refractivity contribution < 1.29 is 19.7 Å². The normalized spacial score (nSPS) is 19.9. The predicted octanol–water partition coefficient (Wildman–Crippen LogP) is 1.22. The zero-order valence-corrected chi connectivity index (χ0v) is 17.8. The standard InChI is InChI=1S/C23H21N5O6/c29-13-20-19(30)10-21(34-20)27-11-17(22(31)24-23(27)32)18-12-28(26-25-18)14-6-8-16(9-7-14)33-15-4-2-1-3-5-15/h1-9,11-12,19-21,29-30H,10,13H2,(H,24,31,32). The summed E-state index contributed by atoms with van der Waals surface area (Å²) in [6.07, 6.45) is 0.425. The van der Waals surface area contributed by atoms with Gasteiger partial charge in [0.1, 0.15) is 29.5 Å². The average Bonchev–Trinajstić information content (AvgIpc) is 3.47. The van der Waals surface area contributed by atoms with E-state index >= 15 is 0 Å². The quantitative estimate of drug-likeness (QED) is 0.387. The number of nitrogens with one attached hydrogen (secondary N) is 1. The third-order valence-electron chi connectivity index (χ3n) is 5.51. The predicted molar refractivity (Wildman–Crippen MR) is 120 cm³/mol. The molecule has 5 rings (SSSR count). The summed E-state index contributed by atoms with van der Waals surface area (Å²) in [4.78, 5) is 27.0. The van der Waals surface area contributed by atoms with Crippen molar-refractivity contribution in [2.24, 2.45) is 0 Å². The monoisotopic (exact) mass is 463 g/mol. The van der Waals surface area contributed by atoms with Crippen LogP contribution in [0.25, 0.3) is 16.9 Å². The molecule has 174 valence electrons. The van der Waals surface area contributed by atoms with Crippen LogP contribution < -0.4 is 16.0 Å². The smallest absolute Gasteiger partial charge is 0.330 e. The van der Waals surface area contributed by atoms with Gasteiger partial charge in [0.05, 0.1) is 30.2 Å². The Bertz CT molecular complexity index is 1400. The third kappa shape index (κ3) is 4.27. The summed E-state index contributed by atoms with van der Waals surface area (Å²) in [6.45, 7) is -0.383. The first-order valence-electron chi connectivity index (χ1n) is 10.6. The lowest BCUT2D eigenvalue weighted by atomic mass is 10.2. The lowest BCUT2D eigenvalue weighted by Crippen LogP contribution is -2.33. The van der Waals surface area contributed by atoms with E-state index in [1.54, 1.807) is 30.5 Å². The Labute approximate surface area is 192 Å². The molecule has 3 heterocycles. The van der Waals surface area contributed by atoms with Crippen LogP contribution in [-0.2, 0) is 4.74 Å². The number of nitrogens with zero attached hydrogens (tertiary/aromatic N) is 4. The number of aliphatic hydroxyl groups excluding tert-OH is 2. The third-order valence-corrected chi connectivity index (χ3v) is 5.51. The van der Waals surface area contributed by atoms with E-state index in [9.17, 15) is 19.8 Å². The van der Waals surface area contributed by atoms with Crippen LogP contribution in [-0.4, -0.2) is 53.6 Å². The summed E-state index contributed by atoms with van der Waals surface area (Å²) in [6, 6.07) is 16.6. The molecule has 1 aliphatic heterocycles. The largest absolute Gasteiger partial charge is 0.457 e. The van der Waals surface area contributed by atoms with Crippen molar-refractivity contribution in [2.45, 2.75) is 24.9 Å². The molecule has 1 saturated heterocycles. The first-order valence-corrected chi connectivity index (χ1v) is 10.6. The van der Waals surface area contributed by atoms with Crippen LogP contribution in [0.4, 0.5) is 0 Å². The van der Waals surface area contributed by atoms with Gasteiger partial charge in [0.25, 0.3) is 5.56 Å². The van der Waals surface area contributed by atoms with Gasteiger partial charge < -0.3 is 19.7 Å². The Morgan fingerprint density at radius 2 is 1.79 bits per heavy atom. The maximum absolute atomic E-state index is 12.5. The Kier molecular flexibility index (Phi) is 5.80. The second kappa shape index (κ2) is 9.06. The minimum atomic E-state index is -0.924. The van der Waals surface area contributed by atoms with Gasteiger partial charge in [0, 0.05) is 12.6 Å². The van der Waals surface area contributed by atoms with E-state index in [-0.39, 0.29) is 24.3 Å². The summed E-state index contributed by atoms with van der Waals surface area (Å²) in [5.41, 5.74) is -0.266. The van der Waals surface area contributed by atoms with Gasteiger partial charge in [0.15, 0.2) is 0 Å². The molecule has 11 nitrogen and oxygen atoms in total. The van der Waals surface area contributed by atoms with Crippen LogP contribution in [0, 0.1) is 0 Å². The lowest BCUT2D eigenvalue weighted by Gasteiger charge is -2.14. The maximum Gasteiger partial charge on any atom is 0.330 e. The number of rotatable bonds is 6. The summed E-state index contributed by atoms with van der Waals surface area (Å²) < 4.78 is 14.0. The fourth-order valence-corrected chi connectivity index (χ4v) is 3.74. The van der Waals surface area contributed by atoms with Gasteiger partial charge in [-0.25, -0.2) is 9.48 Å². The molecule has 4 aromatic rings. The van der Waals surface area contributed by atoms with Crippen molar-refractivity contribution in [1.82, 2.24) is 24.5 Å². The molecule has 0 radical (unpaired) electrons. The van der Waals surface area contributed by atoms with E-state index in [4.69, 9.17) is 9.47 Å². The summed E-state index contributed by atoms with van der Waals surface area (Å²) in [5, 5.41) is 27.4. The van der Waals surface area contributed by atoms with Crippen LogP contribution in [0.2, 0.25) is 0 Å². The molecule has 0 amide bonds. The molecule has 1 aliphatic rings. The van der Waals surface area contributed by atoms with E-state index in [0.29, 0.717) is 11.4 Å². The topological polar surface area (TPSA) is 144 Å². The number of aromatic amines is 1. The molecule has 11 heteroatoms. The summed E-state index contributed by atoms with van der Waals surface area (Å²) >= 11 is 0. The number of ether oxygens (including phenoxy) is 2. The van der Waals surface area contributed by atoms with Crippen molar-refractivity contribution in [1.29, 1.82) is 0 Å². The van der Waals surface area contributed by atoms with Crippen LogP contribution in [0.3, 0.4) is 0 Å². The molecule has 0 aliphatic carbocycles. The first-order chi connectivity index (χ1) is 16.5. The number of aliphatic hydroxyl groups is 2. The van der Waals surface area contributed by atoms with Gasteiger partial charge in [-0.2, -0.15) is 0 Å². The minimum absolute atomic E-state index is 0.0979. The highest BCUT2D eigenvalue weighted by Gasteiger charge is 2.35. The van der Waals surface area contributed by atoms with Crippen molar-refractivity contribution >= 4 is 0 Å². The Morgan fingerprint density at radius 1 is 1.06 bits per heavy atom. The van der Waals surface area contributed by atoms with Gasteiger partial charge in [-0.3, -0.25) is 14.3 Å². The van der Waals surface area contributed by atoms with Gasteiger partial charge in [-0.15, -0.1) is 5.10 Å². The van der Waals surface area contributed by atoms with Crippen LogP contribution in [0.15, 0.2) is 76.6 Å². The van der Waals surface area contributed by atoms with Crippen molar-refractivity contribution in [3.05, 3.63) is 87.8 Å². The van der Waals surface area contributed by atoms with Crippen LogP contribution in [0.5, 0.6) is 11.5 Å². The van der Waals surface area contributed by atoms with Crippen LogP contribution in [0.1, 0.15) is 12.6 Å². The molecular formula is C23H21N5O6. The average molecular weight is 463 g/mol. The van der Waals surface area contributed by atoms with Crippen molar-refractivity contribution in [2.75, 3.05) is 6.61 Å². The molecule has 2 aromatic heterocycles. The fraction of sp³-hybridized carbons (Fsp3) is 0.217. The number of hydrogen-bond donors (Lipinski definition) is 3. The highest BCUT2D eigenvalue weighted by atomic mass is 16.5. The molecule has 0 saturated carbocycles.